The van der Waals surface area contributed by atoms with Crippen molar-refractivity contribution in [1.29, 1.82) is 0 Å². The number of nitrogens with one attached hydrogen (secondary N) is 4. The van der Waals surface area contributed by atoms with Gasteiger partial charge in [0.05, 0.1) is 18.8 Å². The average molecular weight is 580 g/mol. The molecule has 0 aliphatic carbocycles. The Labute approximate surface area is 240 Å². The normalized spacial score (nSPS) is 13.6. The zero-order valence-corrected chi connectivity index (χ0v) is 22.5. The van der Waals surface area contributed by atoms with Crippen molar-refractivity contribution in [1.82, 2.24) is 25.9 Å². The molecule has 0 spiro atoms. The highest BCUT2D eigenvalue weighted by Gasteiger charge is 2.31. The number of aromatic hydroxyl groups is 1. The highest BCUT2D eigenvalue weighted by atomic mass is 16.4. The maximum Gasteiger partial charge on any atom is 0.326 e. The van der Waals surface area contributed by atoms with Gasteiger partial charge in [0.2, 0.25) is 23.6 Å². The second-order valence-electron chi connectivity index (χ2n) is 9.64. The van der Waals surface area contributed by atoms with Crippen LogP contribution in [0, 0.1) is 0 Å². The number of aromatic amines is 1. The summed E-state index contributed by atoms with van der Waals surface area (Å²) in [7, 11) is 0. The van der Waals surface area contributed by atoms with Gasteiger partial charge in [-0.3, -0.25) is 19.2 Å². The van der Waals surface area contributed by atoms with E-state index in [0.29, 0.717) is 16.8 Å². The number of hydrogen-bond donors (Lipinski definition) is 8. The monoisotopic (exact) mass is 579 g/mol. The number of imidazole rings is 1. The lowest BCUT2D eigenvalue weighted by Gasteiger charge is -2.25. The van der Waals surface area contributed by atoms with E-state index in [2.05, 4.69) is 25.9 Å². The number of primary amides is 1. The molecule has 0 fully saturated rings. The van der Waals surface area contributed by atoms with Crippen LogP contribution in [0.15, 0.2) is 67.1 Å². The molecule has 14 heteroatoms. The molecule has 222 valence electrons. The molecule has 3 rings (SSSR count). The van der Waals surface area contributed by atoms with Gasteiger partial charge in [0, 0.05) is 24.7 Å². The van der Waals surface area contributed by atoms with Crippen LogP contribution in [-0.4, -0.2) is 73.9 Å². The maximum atomic E-state index is 13.3. The molecule has 4 unspecified atom stereocenters. The van der Waals surface area contributed by atoms with Crippen molar-refractivity contribution in [3.8, 4) is 5.75 Å². The van der Waals surface area contributed by atoms with E-state index in [1.54, 1.807) is 42.5 Å². The molecule has 1 aromatic heterocycles. The number of nitrogens with zero attached hydrogens (tertiary/aromatic N) is 1. The minimum atomic E-state index is -1.47. The molecule has 10 N–H and O–H groups in total. The van der Waals surface area contributed by atoms with Crippen LogP contribution in [0.4, 0.5) is 0 Å². The van der Waals surface area contributed by atoms with Gasteiger partial charge >= 0.3 is 5.97 Å². The van der Waals surface area contributed by atoms with E-state index in [0.717, 1.165) is 0 Å². The highest BCUT2D eigenvalue weighted by molar-refractivity contribution is 5.96. The van der Waals surface area contributed by atoms with Crippen molar-refractivity contribution in [2.24, 2.45) is 11.5 Å². The van der Waals surface area contributed by atoms with E-state index in [1.807, 2.05) is 0 Å². The van der Waals surface area contributed by atoms with Gasteiger partial charge in [0.15, 0.2) is 0 Å². The minimum Gasteiger partial charge on any atom is -0.508 e. The number of aliphatic carboxylic acids is 1. The van der Waals surface area contributed by atoms with Crippen LogP contribution in [0.5, 0.6) is 5.75 Å². The Balaban J connectivity index is 1.75. The molecular weight excluding hydrogens is 546 g/mol. The number of phenolic OH excluding ortho intramolecular Hbond substituents is 1. The number of hydrogen-bond acceptors (Lipinski definition) is 8. The topological polar surface area (TPSA) is 243 Å². The zero-order chi connectivity index (χ0) is 30.6. The quantitative estimate of drug-likeness (QED) is 0.109. The third-order valence-electron chi connectivity index (χ3n) is 6.28. The lowest BCUT2D eigenvalue weighted by molar-refractivity contribution is -0.142. The average Bonchev–Trinajstić information content (AvgIpc) is 3.46. The number of aromatic nitrogens is 2. The standard InChI is InChI=1S/C28H33N7O7/c29-20(10-17-6-8-19(36)9-7-17)25(38)33-22(13-24(30)37)27(40)34-21(11-16-4-2-1-3-5-16)26(39)35-23(28(41)42)12-18-14-31-15-32-18/h1-9,14-15,20-23,36H,10-13,29H2,(H2,30,37)(H,31,32)(H,33,38)(H,34,40)(H,35,39)(H,41,42). The highest BCUT2D eigenvalue weighted by Crippen LogP contribution is 2.11. The summed E-state index contributed by atoms with van der Waals surface area (Å²) in [6.07, 6.45) is 2.18. The van der Waals surface area contributed by atoms with Gasteiger partial charge < -0.3 is 42.6 Å². The van der Waals surface area contributed by atoms with Gasteiger partial charge in [-0.1, -0.05) is 42.5 Å². The molecule has 0 bridgehead atoms. The Bertz CT molecular complexity index is 1370. The third-order valence-corrected chi connectivity index (χ3v) is 6.28. The lowest BCUT2D eigenvalue weighted by atomic mass is 10.0. The number of rotatable bonds is 15. The van der Waals surface area contributed by atoms with Crippen molar-refractivity contribution in [2.75, 3.05) is 0 Å². The first-order chi connectivity index (χ1) is 20.0. The summed E-state index contributed by atoms with van der Waals surface area (Å²) < 4.78 is 0. The first-order valence-electron chi connectivity index (χ1n) is 13.0. The van der Waals surface area contributed by atoms with Gasteiger partial charge in [-0.15, -0.1) is 0 Å². The number of carboxylic acid groups (broad SMARTS) is 1. The number of carbonyl (C=O) groups is 5. The summed E-state index contributed by atoms with van der Waals surface area (Å²) in [5.41, 5.74) is 13.1. The van der Waals surface area contributed by atoms with Gasteiger partial charge in [0.1, 0.15) is 23.9 Å². The number of nitrogens with two attached hydrogens (primary N) is 2. The smallest absolute Gasteiger partial charge is 0.326 e. The second kappa shape index (κ2) is 14.9. The Kier molecular flexibility index (Phi) is 11.1. The molecule has 42 heavy (non-hydrogen) atoms. The fourth-order valence-corrected chi connectivity index (χ4v) is 4.09. The number of carbonyl (C=O) groups excluding carboxylic acids is 4. The van der Waals surface area contributed by atoms with Crippen molar-refractivity contribution in [2.45, 2.75) is 49.9 Å². The van der Waals surface area contributed by atoms with E-state index in [4.69, 9.17) is 11.5 Å². The van der Waals surface area contributed by atoms with Gasteiger partial charge in [-0.25, -0.2) is 9.78 Å². The summed E-state index contributed by atoms with van der Waals surface area (Å²) in [6, 6.07) is 9.51. The Hall–Kier alpha value is -5.24. The molecule has 4 amide bonds. The van der Waals surface area contributed by atoms with Crippen LogP contribution in [0.3, 0.4) is 0 Å². The zero-order valence-electron chi connectivity index (χ0n) is 22.5. The Morgan fingerprint density at radius 1 is 0.786 bits per heavy atom. The van der Waals surface area contributed by atoms with E-state index in [1.165, 1.54) is 24.7 Å². The predicted molar refractivity (Wildman–Crippen MR) is 149 cm³/mol. The Morgan fingerprint density at radius 3 is 1.98 bits per heavy atom. The van der Waals surface area contributed by atoms with Crippen LogP contribution >= 0.6 is 0 Å². The van der Waals surface area contributed by atoms with Crippen LogP contribution in [0.1, 0.15) is 23.2 Å². The number of benzene rings is 2. The number of carboxylic acids is 1. The van der Waals surface area contributed by atoms with Crippen LogP contribution in [0.25, 0.3) is 0 Å². The summed E-state index contributed by atoms with van der Waals surface area (Å²) in [5, 5.41) is 26.5. The molecule has 0 radical (unpaired) electrons. The van der Waals surface area contributed by atoms with Crippen molar-refractivity contribution in [3.05, 3.63) is 83.9 Å². The molecule has 0 saturated heterocycles. The van der Waals surface area contributed by atoms with E-state index < -0.39 is 60.2 Å². The summed E-state index contributed by atoms with van der Waals surface area (Å²) in [6.45, 7) is 0. The number of amides is 4. The van der Waals surface area contributed by atoms with Crippen molar-refractivity contribution < 1.29 is 34.2 Å². The van der Waals surface area contributed by atoms with Crippen molar-refractivity contribution in [3.63, 3.8) is 0 Å². The summed E-state index contributed by atoms with van der Waals surface area (Å²) in [5.74, 6) is -4.59. The predicted octanol–water partition coefficient (Wildman–Crippen LogP) is -1.12. The molecule has 1 heterocycles. The second-order valence-corrected chi connectivity index (χ2v) is 9.64. The van der Waals surface area contributed by atoms with Crippen LogP contribution in [-0.2, 0) is 43.2 Å². The molecule has 3 aromatic rings. The van der Waals surface area contributed by atoms with Gasteiger partial charge in [-0.2, -0.15) is 0 Å². The first-order valence-corrected chi connectivity index (χ1v) is 13.0. The first kappa shape index (κ1) is 31.3. The lowest BCUT2D eigenvalue weighted by Crippen LogP contribution is -2.58. The molecule has 0 saturated carbocycles. The van der Waals surface area contributed by atoms with E-state index in [9.17, 15) is 34.2 Å². The van der Waals surface area contributed by atoms with Gasteiger partial charge in [-0.05, 0) is 29.7 Å². The fraction of sp³-hybridized carbons (Fsp3) is 0.286. The minimum absolute atomic E-state index is 0.0214. The molecule has 0 aliphatic heterocycles. The molecule has 0 aliphatic rings. The maximum absolute atomic E-state index is 13.3. The molecule has 14 nitrogen and oxygen atoms in total. The SMILES string of the molecule is NC(=O)CC(NC(=O)C(N)Cc1ccc(O)cc1)C(=O)NC(Cc1ccccc1)C(=O)NC(Cc1cnc[nH]1)C(=O)O. The Morgan fingerprint density at radius 2 is 1.38 bits per heavy atom. The van der Waals surface area contributed by atoms with Crippen LogP contribution < -0.4 is 27.4 Å². The van der Waals surface area contributed by atoms with E-state index >= 15 is 0 Å². The number of H-pyrrole nitrogens is 1. The fourth-order valence-electron chi connectivity index (χ4n) is 4.09. The third kappa shape index (κ3) is 9.75. The molecular formula is C28H33N7O7. The van der Waals surface area contributed by atoms with Crippen LogP contribution in [0.2, 0.25) is 0 Å². The number of phenols is 1. The largest absolute Gasteiger partial charge is 0.508 e. The summed E-state index contributed by atoms with van der Waals surface area (Å²) >= 11 is 0. The van der Waals surface area contributed by atoms with Crippen molar-refractivity contribution >= 4 is 29.6 Å². The molecule has 4 atom stereocenters. The van der Waals surface area contributed by atoms with E-state index in [-0.39, 0.29) is 25.0 Å². The van der Waals surface area contributed by atoms with Gasteiger partial charge in [0.25, 0.3) is 0 Å². The summed E-state index contributed by atoms with van der Waals surface area (Å²) in [4.78, 5) is 69.7. The molecule has 2 aromatic carbocycles.